The van der Waals surface area contributed by atoms with Crippen LogP contribution in [0.25, 0.3) is 11.5 Å². The molecule has 1 aliphatic heterocycles. The van der Waals surface area contributed by atoms with Gasteiger partial charge in [0.25, 0.3) is 0 Å². The molecule has 0 bridgehead atoms. The average molecular weight is 285 g/mol. The van der Waals surface area contributed by atoms with Gasteiger partial charge in [-0.2, -0.15) is 0 Å². The molecule has 110 valence electrons. The average Bonchev–Trinajstić information content (AvgIpc) is 2.97. The topological polar surface area (TPSA) is 59.2 Å². The molecule has 0 radical (unpaired) electrons. The van der Waals surface area contributed by atoms with Crippen LogP contribution < -0.4 is 0 Å². The maximum Gasteiger partial charge on any atom is 0.248 e. The van der Waals surface area contributed by atoms with Crippen LogP contribution in [0.15, 0.2) is 28.7 Å². The number of amides is 1. The number of nitrogens with zero attached hydrogens (tertiary/aromatic N) is 3. The molecule has 0 unspecified atom stereocenters. The number of benzene rings is 1. The molecule has 1 aromatic carbocycles. The molecule has 2 aromatic rings. The van der Waals surface area contributed by atoms with E-state index in [-0.39, 0.29) is 11.8 Å². The Bertz CT molecular complexity index is 650. The van der Waals surface area contributed by atoms with Gasteiger partial charge < -0.3 is 9.32 Å². The summed E-state index contributed by atoms with van der Waals surface area (Å²) in [5, 5.41) is 8.37. The molecule has 0 spiro atoms. The second-order valence-electron chi connectivity index (χ2n) is 5.56. The molecular formula is C16H19N3O2. The van der Waals surface area contributed by atoms with E-state index in [9.17, 15) is 4.79 Å². The highest BCUT2D eigenvalue weighted by Crippen LogP contribution is 2.29. The smallest absolute Gasteiger partial charge is 0.248 e. The van der Waals surface area contributed by atoms with Crippen LogP contribution in [0.5, 0.6) is 0 Å². The van der Waals surface area contributed by atoms with Crippen LogP contribution in [0.1, 0.15) is 37.1 Å². The minimum absolute atomic E-state index is 0.110. The fourth-order valence-corrected chi connectivity index (χ4v) is 2.79. The number of aromatic nitrogens is 2. The van der Waals surface area contributed by atoms with Crippen LogP contribution in [0.4, 0.5) is 0 Å². The molecule has 1 saturated heterocycles. The molecule has 1 aromatic heterocycles. The lowest BCUT2D eigenvalue weighted by Crippen LogP contribution is -2.37. The van der Waals surface area contributed by atoms with Gasteiger partial charge in [0.2, 0.25) is 17.7 Å². The molecule has 5 nitrogen and oxygen atoms in total. The predicted molar refractivity (Wildman–Crippen MR) is 78.7 cm³/mol. The Morgan fingerprint density at radius 1 is 1.33 bits per heavy atom. The molecule has 2 heterocycles. The summed E-state index contributed by atoms with van der Waals surface area (Å²) >= 11 is 0. The number of rotatable bonds is 2. The molecule has 0 aliphatic carbocycles. The van der Waals surface area contributed by atoms with Crippen molar-refractivity contribution in [2.75, 3.05) is 13.1 Å². The number of aryl methyl sites for hydroxylation is 1. The standard InChI is InChI=1S/C16H19N3O2/c1-11-6-3-4-8-14(11)16-18-17-15(21-16)13-7-5-9-19(10-13)12(2)20/h3-4,6,8,13H,5,7,9-10H2,1-2H3/t13-/m1/s1. The van der Waals surface area contributed by atoms with Crippen LogP contribution in [0, 0.1) is 6.92 Å². The zero-order valence-corrected chi connectivity index (χ0v) is 12.4. The van der Waals surface area contributed by atoms with E-state index in [1.54, 1.807) is 6.92 Å². The summed E-state index contributed by atoms with van der Waals surface area (Å²) in [5.74, 6) is 1.45. The molecular weight excluding hydrogens is 266 g/mol. The monoisotopic (exact) mass is 285 g/mol. The van der Waals surface area contributed by atoms with Gasteiger partial charge >= 0.3 is 0 Å². The number of carbonyl (C=O) groups is 1. The molecule has 21 heavy (non-hydrogen) atoms. The van der Waals surface area contributed by atoms with Crippen molar-refractivity contribution in [1.29, 1.82) is 0 Å². The lowest BCUT2D eigenvalue weighted by atomic mass is 9.98. The van der Waals surface area contributed by atoms with E-state index < -0.39 is 0 Å². The largest absolute Gasteiger partial charge is 0.420 e. The van der Waals surface area contributed by atoms with Crippen molar-refractivity contribution in [3.63, 3.8) is 0 Å². The fourth-order valence-electron chi connectivity index (χ4n) is 2.79. The number of hydrogen-bond donors (Lipinski definition) is 0. The number of piperidine rings is 1. The summed E-state index contributed by atoms with van der Waals surface area (Å²) in [6, 6.07) is 7.96. The van der Waals surface area contributed by atoms with Gasteiger partial charge in [-0.15, -0.1) is 10.2 Å². The van der Waals surface area contributed by atoms with Crippen molar-refractivity contribution >= 4 is 5.91 Å². The van der Waals surface area contributed by atoms with E-state index in [2.05, 4.69) is 10.2 Å². The number of carbonyl (C=O) groups excluding carboxylic acids is 1. The Hall–Kier alpha value is -2.17. The lowest BCUT2D eigenvalue weighted by molar-refractivity contribution is -0.130. The predicted octanol–water partition coefficient (Wildman–Crippen LogP) is 2.77. The Labute approximate surface area is 124 Å². The summed E-state index contributed by atoms with van der Waals surface area (Å²) in [5.41, 5.74) is 2.08. The highest BCUT2D eigenvalue weighted by molar-refractivity contribution is 5.73. The van der Waals surface area contributed by atoms with Crippen molar-refractivity contribution in [3.8, 4) is 11.5 Å². The second-order valence-corrected chi connectivity index (χ2v) is 5.56. The second kappa shape index (κ2) is 5.68. The van der Waals surface area contributed by atoms with Crippen molar-refractivity contribution in [2.45, 2.75) is 32.6 Å². The van der Waals surface area contributed by atoms with E-state index in [0.29, 0.717) is 18.3 Å². The van der Waals surface area contributed by atoms with Crippen LogP contribution in [0.2, 0.25) is 0 Å². The summed E-state index contributed by atoms with van der Waals surface area (Å²) in [6.45, 7) is 5.13. The van der Waals surface area contributed by atoms with E-state index in [1.807, 2.05) is 36.1 Å². The van der Waals surface area contributed by atoms with E-state index in [1.165, 1.54) is 0 Å². The molecule has 0 saturated carbocycles. The highest BCUT2D eigenvalue weighted by Gasteiger charge is 2.27. The molecule has 5 heteroatoms. The van der Waals surface area contributed by atoms with Crippen molar-refractivity contribution < 1.29 is 9.21 Å². The molecule has 1 atom stereocenters. The first-order valence-corrected chi connectivity index (χ1v) is 7.30. The number of hydrogen-bond acceptors (Lipinski definition) is 4. The van der Waals surface area contributed by atoms with Gasteiger partial charge in [-0.3, -0.25) is 4.79 Å². The van der Waals surface area contributed by atoms with Crippen molar-refractivity contribution in [3.05, 3.63) is 35.7 Å². The van der Waals surface area contributed by atoms with Gasteiger partial charge in [-0.25, -0.2) is 0 Å². The van der Waals surface area contributed by atoms with Gasteiger partial charge in [0.15, 0.2) is 0 Å². The van der Waals surface area contributed by atoms with Crippen LogP contribution in [-0.4, -0.2) is 34.1 Å². The van der Waals surface area contributed by atoms with Gasteiger partial charge in [-0.05, 0) is 31.4 Å². The van der Waals surface area contributed by atoms with E-state index >= 15 is 0 Å². The Kier molecular flexibility index (Phi) is 3.73. The quantitative estimate of drug-likeness (QED) is 0.851. The van der Waals surface area contributed by atoms with E-state index in [4.69, 9.17) is 4.42 Å². The first-order valence-electron chi connectivity index (χ1n) is 7.30. The minimum atomic E-state index is 0.110. The summed E-state index contributed by atoms with van der Waals surface area (Å²) in [7, 11) is 0. The molecule has 1 fully saturated rings. The van der Waals surface area contributed by atoms with Crippen LogP contribution >= 0.6 is 0 Å². The molecule has 1 amide bonds. The third-order valence-electron chi connectivity index (χ3n) is 4.03. The van der Waals surface area contributed by atoms with Crippen LogP contribution in [0.3, 0.4) is 0 Å². The van der Waals surface area contributed by atoms with Gasteiger partial charge in [0.05, 0.1) is 5.92 Å². The Morgan fingerprint density at radius 3 is 2.90 bits per heavy atom. The summed E-state index contributed by atoms with van der Waals surface area (Å²) in [4.78, 5) is 13.4. The first-order chi connectivity index (χ1) is 10.1. The molecule has 0 N–H and O–H groups in total. The van der Waals surface area contributed by atoms with Crippen molar-refractivity contribution in [2.24, 2.45) is 0 Å². The third-order valence-corrected chi connectivity index (χ3v) is 4.03. The van der Waals surface area contributed by atoms with Crippen LogP contribution in [-0.2, 0) is 4.79 Å². The van der Waals surface area contributed by atoms with Crippen molar-refractivity contribution in [1.82, 2.24) is 15.1 Å². The Balaban J connectivity index is 1.82. The van der Waals surface area contributed by atoms with Gasteiger partial charge in [0.1, 0.15) is 0 Å². The maximum atomic E-state index is 11.5. The molecule has 1 aliphatic rings. The number of likely N-dealkylation sites (tertiary alicyclic amines) is 1. The summed E-state index contributed by atoms with van der Waals surface area (Å²) in [6.07, 6.45) is 1.96. The minimum Gasteiger partial charge on any atom is -0.420 e. The summed E-state index contributed by atoms with van der Waals surface area (Å²) < 4.78 is 5.86. The normalized spacial score (nSPS) is 18.8. The Morgan fingerprint density at radius 2 is 2.14 bits per heavy atom. The third kappa shape index (κ3) is 2.82. The van der Waals surface area contributed by atoms with Gasteiger partial charge in [0, 0.05) is 25.6 Å². The lowest BCUT2D eigenvalue weighted by Gasteiger charge is -2.30. The zero-order chi connectivity index (χ0) is 14.8. The fraction of sp³-hybridized carbons (Fsp3) is 0.438. The van der Waals surface area contributed by atoms with Gasteiger partial charge in [-0.1, -0.05) is 18.2 Å². The van der Waals surface area contributed by atoms with E-state index in [0.717, 1.165) is 30.5 Å². The maximum absolute atomic E-state index is 11.5. The highest BCUT2D eigenvalue weighted by atomic mass is 16.4. The molecule has 3 rings (SSSR count). The SMILES string of the molecule is CC(=O)N1CCC[C@@H](c2nnc(-c3ccccc3C)o2)C1. The first kappa shape index (κ1) is 13.8. The zero-order valence-electron chi connectivity index (χ0n) is 12.4.